The first-order valence-corrected chi connectivity index (χ1v) is 10.4. The number of benzene rings is 2. The van der Waals surface area contributed by atoms with Crippen LogP contribution in [0.3, 0.4) is 0 Å². The third kappa shape index (κ3) is 4.69. The molecule has 28 heavy (non-hydrogen) atoms. The van der Waals surface area contributed by atoms with E-state index in [2.05, 4.69) is 33.2 Å². The second-order valence-electron chi connectivity index (χ2n) is 7.25. The van der Waals surface area contributed by atoms with E-state index in [1.807, 2.05) is 35.2 Å². The van der Waals surface area contributed by atoms with Gasteiger partial charge in [0.15, 0.2) is 5.13 Å². The summed E-state index contributed by atoms with van der Waals surface area (Å²) in [6.07, 6.45) is 1.21. The molecule has 1 heterocycles. The van der Waals surface area contributed by atoms with E-state index in [0.29, 0.717) is 13.0 Å². The summed E-state index contributed by atoms with van der Waals surface area (Å²) in [5, 5.41) is 0.752. The Kier molecular flexibility index (Phi) is 6.65. The third-order valence-electron chi connectivity index (χ3n) is 4.75. The van der Waals surface area contributed by atoms with Crippen molar-refractivity contribution in [3.63, 3.8) is 0 Å². The second kappa shape index (κ2) is 9.17. The van der Waals surface area contributed by atoms with Crippen LogP contribution in [0.5, 0.6) is 5.75 Å². The number of thiazole rings is 1. The normalized spacial score (nSPS) is 11.2. The van der Waals surface area contributed by atoms with Crippen LogP contribution in [0.25, 0.3) is 10.2 Å². The lowest BCUT2D eigenvalue weighted by Crippen LogP contribution is -3.06. The van der Waals surface area contributed by atoms with Crippen molar-refractivity contribution in [3.8, 4) is 5.75 Å². The quantitative estimate of drug-likeness (QED) is 0.635. The number of fused-ring (bicyclic) bond motifs is 1. The average molecular weight is 399 g/mol. The Hall–Kier alpha value is -2.44. The molecule has 0 fully saturated rings. The number of aryl methyl sites for hydroxylation is 2. The molecular weight excluding hydrogens is 370 g/mol. The predicted molar refractivity (Wildman–Crippen MR) is 116 cm³/mol. The maximum Gasteiger partial charge on any atom is 0.229 e. The number of hydrogen-bond donors (Lipinski definition) is 1. The standard InChI is InChI=1S/C22H27N3O2S/c1-16-10-12-18(27-4)20-21(16)28-22(23-20)25(15-14-24(2)3)19(26)13-11-17-8-6-5-7-9-17/h5-10,12H,11,13-15H2,1-4H3/p+1. The number of nitrogens with one attached hydrogen (secondary N) is 1. The maximum atomic E-state index is 13.1. The molecule has 0 aliphatic heterocycles. The minimum absolute atomic E-state index is 0.112. The minimum atomic E-state index is 0.112. The molecule has 0 atom stereocenters. The van der Waals surface area contributed by atoms with E-state index >= 15 is 0 Å². The fourth-order valence-corrected chi connectivity index (χ4v) is 4.17. The molecule has 3 aromatic rings. The summed E-state index contributed by atoms with van der Waals surface area (Å²) in [5.41, 5.74) is 3.16. The summed E-state index contributed by atoms with van der Waals surface area (Å²) in [5.74, 6) is 0.860. The molecule has 1 N–H and O–H groups in total. The largest absolute Gasteiger partial charge is 0.494 e. The molecule has 3 rings (SSSR count). The molecule has 0 saturated heterocycles. The van der Waals surface area contributed by atoms with Gasteiger partial charge in [0.1, 0.15) is 11.3 Å². The second-order valence-corrected chi connectivity index (χ2v) is 8.22. The summed E-state index contributed by atoms with van der Waals surface area (Å²) in [4.78, 5) is 21.0. The SMILES string of the molecule is COc1ccc(C)c2sc(N(CC[NH+](C)C)C(=O)CCc3ccccc3)nc12. The summed E-state index contributed by atoms with van der Waals surface area (Å²) in [6, 6.07) is 14.1. The fourth-order valence-electron chi connectivity index (χ4n) is 3.07. The Balaban J connectivity index is 1.87. The van der Waals surface area contributed by atoms with Gasteiger partial charge in [-0.25, -0.2) is 4.98 Å². The first kappa shape index (κ1) is 20.3. The number of anilines is 1. The van der Waals surface area contributed by atoms with Crippen molar-refractivity contribution in [2.24, 2.45) is 0 Å². The van der Waals surface area contributed by atoms with Crippen molar-refractivity contribution >= 4 is 32.6 Å². The van der Waals surface area contributed by atoms with Crippen LogP contribution in [-0.2, 0) is 11.2 Å². The molecule has 2 aromatic carbocycles. The fraction of sp³-hybridized carbons (Fsp3) is 0.364. The summed E-state index contributed by atoms with van der Waals surface area (Å²) < 4.78 is 6.55. The van der Waals surface area contributed by atoms with Gasteiger partial charge in [0, 0.05) is 6.42 Å². The maximum absolute atomic E-state index is 13.1. The van der Waals surface area contributed by atoms with Gasteiger partial charge in [-0.15, -0.1) is 0 Å². The van der Waals surface area contributed by atoms with Crippen molar-refractivity contribution in [2.75, 3.05) is 39.2 Å². The number of ether oxygens (including phenoxy) is 1. The zero-order valence-electron chi connectivity index (χ0n) is 17.0. The van der Waals surface area contributed by atoms with Crippen molar-refractivity contribution in [1.82, 2.24) is 4.98 Å². The van der Waals surface area contributed by atoms with Crippen molar-refractivity contribution in [3.05, 3.63) is 53.6 Å². The number of hydrogen-bond acceptors (Lipinski definition) is 4. The molecule has 0 aliphatic carbocycles. The Morgan fingerprint density at radius 2 is 1.93 bits per heavy atom. The summed E-state index contributed by atoms with van der Waals surface area (Å²) in [6.45, 7) is 3.58. The highest BCUT2D eigenvalue weighted by molar-refractivity contribution is 7.22. The van der Waals surface area contributed by atoms with Crippen LogP contribution in [0.4, 0.5) is 5.13 Å². The molecule has 0 saturated carbocycles. The number of quaternary nitrogens is 1. The first-order valence-electron chi connectivity index (χ1n) is 9.57. The highest BCUT2D eigenvalue weighted by Crippen LogP contribution is 2.36. The van der Waals surface area contributed by atoms with Gasteiger partial charge in [-0.1, -0.05) is 47.7 Å². The smallest absolute Gasteiger partial charge is 0.229 e. The highest BCUT2D eigenvalue weighted by atomic mass is 32.1. The summed E-state index contributed by atoms with van der Waals surface area (Å²) >= 11 is 1.57. The number of carbonyl (C=O) groups excluding carboxylic acids is 1. The van der Waals surface area contributed by atoms with Crippen LogP contribution in [0, 0.1) is 6.92 Å². The molecule has 0 spiro atoms. The van der Waals surface area contributed by atoms with Crippen LogP contribution in [0.2, 0.25) is 0 Å². The summed E-state index contributed by atoms with van der Waals surface area (Å²) in [7, 11) is 5.84. The number of rotatable bonds is 8. The zero-order chi connectivity index (χ0) is 20.1. The number of methoxy groups -OCH3 is 1. The van der Waals surface area contributed by atoms with Crippen molar-refractivity contribution in [2.45, 2.75) is 19.8 Å². The Bertz CT molecular complexity index is 938. The van der Waals surface area contributed by atoms with Crippen molar-refractivity contribution in [1.29, 1.82) is 0 Å². The number of carbonyl (C=O) groups is 1. The number of likely N-dealkylation sites (N-methyl/N-ethyl adjacent to an activating group) is 1. The zero-order valence-corrected chi connectivity index (χ0v) is 17.8. The molecule has 0 aliphatic rings. The van der Waals surface area contributed by atoms with E-state index in [0.717, 1.165) is 39.6 Å². The Morgan fingerprint density at radius 3 is 2.61 bits per heavy atom. The first-order chi connectivity index (χ1) is 13.5. The van der Waals surface area contributed by atoms with E-state index in [-0.39, 0.29) is 5.91 Å². The lowest BCUT2D eigenvalue weighted by Gasteiger charge is -2.20. The molecule has 1 aromatic heterocycles. The lowest BCUT2D eigenvalue weighted by molar-refractivity contribution is -0.856. The topological polar surface area (TPSA) is 46.9 Å². The van der Waals surface area contributed by atoms with E-state index in [1.165, 1.54) is 10.5 Å². The molecule has 148 valence electrons. The molecular formula is C22H28N3O2S+. The molecule has 0 unspecified atom stereocenters. The van der Waals surface area contributed by atoms with Gasteiger partial charge in [0.2, 0.25) is 5.91 Å². The molecule has 1 amide bonds. The van der Waals surface area contributed by atoms with Gasteiger partial charge >= 0.3 is 0 Å². The molecule has 5 nitrogen and oxygen atoms in total. The van der Waals surface area contributed by atoms with Crippen LogP contribution in [0.1, 0.15) is 17.5 Å². The van der Waals surface area contributed by atoms with E-state index in [1.54, 1.807) is 18.4 Å². The molecule has 0 radical (unpaired) electrons. The number of aromatic nitrogens is 1. The van der Waals surface area contributed by atoms with Gasteiger partial charge in [-0.3, -0.25) is 9.69 Å². The lowest BCUT2D eigenvalue weighted by atomic mass is 10.1. The van der Waals surface area contributed by atoms with E-state index in [4.69, 9.17) is 9.72 Å². The van der Waals surface area contributed by atoms with Gasteiger partial charge < -0.3 is 9.64 Å². The Morgan fingerprint density at radius 1 is 1.18 bits per heavy atom. The van der Waals surface area contributed by atoms with Gasteiger partial charge in [-0.2, -0.15) is 0 Å². The van der Waals surface area contributed by atoms with Gasteiger partial charge in [-0.05, 0) is 30.5 Å². The van der Waals surface area contributed by atoms with Gasteiger partial charge in [0.25, 0.3) is 0 Å². The van der Waals surface area contributed by atoms with Crippen LogP contribution in [-0.4, -0.2) is 45.2 Å². The minimum Gasteiger partial charge on any atom is -0.494 e. The van der Waals surface area contributed by atoms with Crippen LogP contribution in [0.15, 0.2) is 42.5 Å². The van der Waals surface area contributed by atoms with Crippen molar-refractivity contribution < 1.29 is 14.4 Å². The number of amides is 1. The molecule has 0 bridgehead atoms. The third-order valence-corrected chi connectivity index (χ3v) is 5.96. The van der Waals surface area contributed by atoms with E-state index in [9.17, 15) is 4.79 Å². The predicted octanol–water partition coefficient (Wildman–Crippen LogP) is 2.72. The highest BCUT2D eigenvalue weighted by Gasteiger charge is 2.22. The average Bonchev–Trinajstić information content (AvgIpc) is 3.13. The van der Waals surface area contributed by atoms with Gasteiger partial charge in [0.05, 0.1) is 39.0 Å². The van der Waals surface area contributed by atoms with Crippen LogP contribution >= 0.6 is 11.3 Å². The van der Waals surface area contributed by atoms with E-state index < -0.39 is 0 Å². The molecule has 6 heteroatoms. The number of nitrogens with zero attached hydrogens (tertiary/aromatic N) is 2. The monoisotopic (exact) mass is 398 g/mol. The Labute approximate surface area is 170 Å². The van der Waals surface area contributed by atoms with Crippen LogP contribution < -0.4 is 14.5 Å².